The second-order valence-electron chi connectivity index (χ2n) is 4.66. The van der Waals surface area contributed by atoms with Crippen LogP contribution in [0.4, 0.5) is 0 Å². The molecule has 0 spiro atoms. The van der Waals surface area contributed by atoms with Crippen molar-refractivity contribution in [3.8, 4) is 0 Å². The fourth-order valence-electron chi connectivity index (χ4n) is 1.13. The zero-order valence-electron chi connectivity index (χ0n) is 10.4. The van der Waals surface area contributed by atoms with Crippen molar-refractivity contribution >= 4 is 23.2 Å². The molecular weight excluding hydrogens is 226 g/mol. The van der Waals surface area contributed by atoms with Crippen molar-refractivity contribution in [2.45, 2.75) is 52.0 Å². The van der Waals surface area contributed by atoms with Crippen LogP contribution in [0.2, 0.25) is 0 Å². The van der Waals surface area contributed by atoms with E-state index >= 15 is 0 Å². The van der Waals surface area contributed by atoms with Crippen molar-refractivity contribution in [1.82, 2.24) is 5.06 Å². The molecule has 0 unspecified atom stereocenters. The highest BCUT2D eigenvalue weighted by Gasteiger charge is 2.21. The zero-order valence-corrected chi connectivity index (χ0v) is 11.3. The first-order chi connectivity index (χ1) is 7.29. The Bertz CT molecular complexity index is 248. The lowest BCUT2D eigenvalue weighted by atomic mass is 10.1. The highest BCUT2D eigenvalue weighted by molar-refractivity contribution is 7.80. The van der Waals surface area contributed by atoms with Gasteiger partial charge in [0.2, 0.25) is 0 Å². The van der Waals surface area contributed by atoms with Crippen molar-refractivity contribution in [2.24, 2.45) is 0 Å². The molecule has 0 aliphatic carbocycles. The largest absolute Gasteiger partial charge is 0.469 e. The molecule has 0 aliphatic rings. The predicted molar refractivity (Wildman–Crippen MR) is 66.5 cm³/mol. The fourth-order valence-corrected chi connectivity index (χ4v) is 1.55. The Morgan fingerprint density at radius 3 is 2.25 bits per heavy atom. The van der Waals surface area contributed by atoms with E-state index in [0.717, 1.165) is 17.9 Å². The summed E-state index contributed by atoms with van der Waals surface area (Å²) in [7, 11) is 1.38. The Morgan fingerprint density at radius 2 is 1.81 bits per heavy atom. The fraction of sp³-hybridized carbons (Fsp3) is 0.818. The summed E-state index contributed by atoms with van der Waals surface area (Å²) >= 11 is 5.09. The lowest BCUT2D eigenvalue weighted by Crippen LogP contribution is -2.42. The Kier molecular flexibility index (Phi) is 6.52. The summed E-state index contributed by atoms with van der Waals surface area (Å²) in [5.41, 5.74) is -0.376. The molecule has 0 rings (SSSR count). The molecular formula is C11H21NO3S. The standard InChI is InChI=1S/C11H21NO3S/c1-11(2,3)12(14)9(16)7-5-6-8-10(13)15-4/h14H,5-8H2,1-4H3. The number of rotatable bonds is 5. The van der Waals surface area contributed by atoms with Crippen molar-refractivity contribution in [3.63, 3.8) is 0 Å². The maximum absolute atomic E-state index is 10.8. The summed E-state index contributed by atoms with van der Waals surface area (Å²) in [5, 5.41) is 10.8. The zero-order chi connectivity index (χ0) is 12.8. The molecule has 94 valence electrons. The maximum atomic E-state index is 10.8. The minimum absolute atomic E-state index is 0.206. The molecule has 5 heteroatoms. The van der Waals surface area contributed by atoms with E-state index in [1.54, 1.807) is 0 Å². The Labute approximate surface area is 103 Å². The molecule has 0 fully saturated rings. The Balaban J connectivity index is 3.78. The first kappa shape index (κ1) is 15.3. The summed E-state index contributed by atoms with van der Waals surface area (Å²) in [4.78, 5) is 11.3. The summed E-state index contributed by atoms with van der Waals surface area (Å²) < 4.78 is 4.53. The van der Waals surface area contributed by atoms with Crippen LogP contribution >= 0.6 is 12.2 Å². The minimum Gasteiger partial charge on any atom is -0.469 e. The van der Waals surface area contributed by atoms with Crippen LogP contribution < -0.4 is 0 Å². The number of esters is 1. The van der Waals surface area contributed by atoms with Gasteiger partial charge in [-0.15, -0.1) is 0 Å². The van der Waals surface area contributed by atoms with E-state index in [1.807, 2.05) is 20.8 Å². The molecule has 0 saturated carbocycles. The first-order valence-electron chi connectivity index (χ1n) is 5.37. The normalized spacial score (nSPS) is 11.1. The van der Waals surface area contributed by atoms with Gasteiger partial charge in [-0.05, 0) is 33.6 Å². The lowest BCUT2D eigenvalue weighted by Gasteiger charge is -2.31. The Hall–Kier alpha value is -0.680. The van der Waals surface area contributed by atoms with Gasteiger partial charge < -0.3 is 4.74 Å². The molecule has 0 bridgehead atoms. The number of hydroxylamine groups is 2. The van der Waals surface area contributed by atoms with Crippen molar-refractivity contribution in [3.05, 3.63) is 0 Å². The third kappa shape index (κ3) is 6.02. The van der Waals surface area contributed by atoms with Gasteiger partial charge in [0.15, 0.2) is 0 Å². The molecule has 0 atom stereocenters. The second-order valence-corrected chi connectivity index (χ2v) is 5.13. The van der Waals surface area contributed by atoms with Gasteiger partial charge in [0, 0.05) is 12.8 Å². The highest BCUT2D eigenvalue weighted by atomic mass is 32.1. The topological polar surface area (TPSA) is 49.8 Å². The van der Waals surface area contributed by atoms with Gasteiger partial charge in [0.25, 0.3) is 0 Å². The van der Waals surface area contributed by atoms with Gasteiger partial charge in [0.05, 0.1) is 12.6 Å². The summed E-state index contributed by atoms with van der Waals surface area (Å²) in [6, 6.07) is 0. The van der Waals surface area contributed by atoms with E-state index in [9.17, 15) is 10.0 Å². The van der Waals surface area contributed by atoms with Crippen molar-refractivity contribution in [2.75, 3.05) is 7.11 Å². The molecule has 16 heavy (non-hydrogen) atoms. The van der Waals surface area contributed by atoms with E-state index in [2.05, 4.69) is 4.74 Å². The molecule has 0 aliphatic heterocycles. The van der Waals surface area contributed by atoms with E-state index in [4.69, 9.17) is 12.2 Å². The number of nitrogens with zero attached hydrogens (tertiary/aromatic N) is 1. The van der Waals surface area contributed by atoms with Crippen LogP contribution in [0, 0.1) is 0 Å². The second kappa shape index (κ2) is 6.81. The van der Waals surface area contributed by atoms with Gasteiger partial charge in [-0.25, -0.2) is 5.06 Å². The van der Waals surface area contributed by atoms with Crippen LogP contribution in [0.5, 0.6) is 0 Å². The van der Waals surface area contributed by atoms with Crippen LogP contribution in [0.3, 0.4) is 0 Å². The lowest BCUT2D eigenvalue weighted by molar-refractivity contribution is -0.140. The molecule has 0 aromatic heterocycles. The minimum atomic E-state index is -0.376. The number of hydrogen-bond donors (Lipinski definition) is 1. The number of ether oxygens (including phenoxy) is 1. The van der Waals surface area contributed by atoms with Gasteiger partial charge in [-0.3, -0.25) is 10.0 Å². The average Bonchev–Trinajstić information content (AvgIpc) is 2.21. The van der Waals surface area contributed by atoms with Crippen molar-refractivity contribution < 1.29 is 14.7 Å². The van der Waals surface area contributed by atoms with E-state index in [-0.39, 0.29) is 11.5 Å². The molecule has 0 aromatic carbocycles. The number of methoxy groups -OCH3 is 1. The highest BCUT2D eigenvalue weighted by Crippen LogP contribution is 2.14. The molecule has 0 radical (unpaired) electrons. The van der Waals surface area contributed by atoms with Crippen molar-refractivity contribution in [1.29, 1.82) is 0 Å². The van der Waals surface area contributed by atoms with Crippen LogP contribution in [-0.2, 0) is 9.53 Å². The average molecular weight is 247 g/mol. The first-order valence-corrected chi connectivity index (χ1v) is 5.78. The third-order valence-electron chi connectivity index (χ3n) is 2.12. The van der Waals surface area contributed by atoms with Gasteiger partial charge in [-0.2, -0.15) is 0 Å². The number of unbranched alkanes of at least 4 members (excludes halogenated alkanes) is 1. The van der Waals surface area contributed by atoms with Gasteiger partial charge in [-0.1, -0.05) is 12.2 Å². The number of carbonyl (C=O) groups is 1. The molecule has 0 amide bonds. The number of carbonyl (C=O) groups excluding carboxylic acids is 1. The van der Waals surface area contributed by atoms with Gasteiger partial charge >= 0.3 is 5.97 Å². The number of thiocarbonyl (C=S) groups is 1. The monoisotopic (exact) mass is 247 g/mol. The van der Waals surface area contributed by atoms with Crippen LogP contribution in [0.1, 0.15) is 46.5 Å². The third-order valence-corrected chi connectivity index (χ3v) is 2.50. The van der Waals surface area contributed by atoms with E-state index in [0.29, 0.717) is 17.8 Å². The molecule has 0 saturated heterocycles. The molecule has 0 aromatic rings. The smallest absolute Gasteiger partial charge is 0.305 e. The van der Waals surface area contributed by atoms with Crippen LogP contribution in [0.25, 0.3) is 0 Å². The van der Waals surface area contributed by atoms with E-state index in [1.165, 1.54) is 7.11 Å². The predicted octanol–water partition coefficient (Wildman–Crippen LogP) is 2.54. The maximum Gasteiger partial charge on any atom is 0.305 e. The SMILES string of the molecule is COC(=O)CCCCC(=S)N(O)C(C)(C)C. The Morgan fingerprint density at radius 1 is 1.31 bits per heavy atom. The van der Waals surface area contributed by atoms with Gasteiger partial charge in [0.1, 0.15) is 4.99 Å². The van der Waals surface area contributed by atoms with Crippen LogP contribution in [0.15, 0.2) is 0 Å². The quantitative estimate of drug-likeness (QED) is 0.350. The molecule has 0 heterocycles. The van der Waals surface area contributed by atoms with E-state index < -0.39 is 0 Å². The number of hydrogen-bond acceptors (Lipinski definition) is 4. The summed E-state index contributed by atoms with van der Waals surface area (Å²) in [6.45, 7) is 5.65. The summed E-state index contributed by atoms with van der Waals surface area (Å²) in [6.07, 6.45) is 2.52. The molecule has 4 nitrogen and oxygen atoms in total. The van der Waals surface area contributed by atoms with Crippen LogP contribution in [-0.4, -0.2) is 33.9 Å². The summed E-state index contributed by atoms with van der Waals surface area (Å²) in [5.74, 6) is -0.206. The molecule has 1 N–H and O–H groups in total.